The lowest BCUT2D eigenvalue weighted by atomic mass is 10.1. The van der Waals surface area contributed by atoms with Gasteiger partial charge >= 0.3 is 0 Å². The van der Waals surface area contributed by atoms with Gasteiger partial charge in [-0.2, -0.15) is 5.10 Å². The number of carbonyl (C=O) groups is 1. The molecule has 2 aromatic carbocycles. The van der Waals surface area contributed by atoms with Gasteiger partial charge in [-0.05, 0) is 38.1 Å². The summed E-state index contributed by atoms with van der Waals surface area (Å²) in [5, 5.41) is 4.87. The summed E-state index contributed by atoms with van der Waals surface area (Å²) in [7, 11) is 0. The Kier molecular flexibility index (Phi) is 5.04. The highest BCUT2D eigenvalue weighted by molar-refractivity contribution is 6.06. The van der Waals surface area contributed by atoms with Crippen molar-refractivity contribution in [3.05, 3.63) is 71.4 Å². The molecule has 5 heteroatoms. The van der Waals surface area contributed by atoms with Gasteiger partial charge in [0.15, 0.2) is 0 Å². The number of benzene rings is 2. The van der Waals surface area contributed by atoms with Gasteiger partial charge in [-0.1, -0.05) is 30.3 Å². The highest BCUT2D eigenvalue weighted by atomic mass is 16.5. The monoisotopic (exact) mass is 333 g/mol. The van der Waals surface area contributed by atoms with Crippen molar-refractivity contribution >= 4 is 23.0 Å². The van der Waals surface area contributed by atoms with Crippen molar-refractivity contribution in [3.8, 4) is 5.75 Å². The quantitative estimate of drug-likeness (QED) is 0.572. The topological polar surface area (TPSA) is 63.6 Å². The van der Waals surface area contributed by atoms with Crippen LogP contribution >= 0.6 is 0 Å². The van der Waals surface area contributed by atoms with Gasteiger partial charge in [0.1, 0.15) is 5.75 Å². The van der Waals surface area contributed by atoms with Crippen molar-refractivity contribution in [3.63, 3.8) is 0 Å². The van der Waals surface area contributed by atoms with Crippen LogP contribution < -0.4 is 10.2 Å². The van der Waals surface area contributed by atoms with E-state index in [1.165, 1.54) is 0 Å². The second-order valence-corrected chi connectivity index (χ2v) is 5.50. The van der Waals surface area contributed by atoms with E-state index in [9.17, 15) is 4.79 Å². The van der Waals surface area contributed by atoms with Gasteiger partial charge in [-0.15, -0.1) is 0 Å². The molecule has 0 unspecified atom stereocenters. The van der Waals surface area contributed by atoms with Crippen molar-refractivity contribution in [1.29, 1.82) is 0 Å². The molecule has 0 bridgehead atoms. The largest absolute Gasteiger partial charge is 0.493 e. The summed E-state index contributed by atoms with van der Waals surface area (Å²) >= 11 is 0. The number of nitrogens with one attached hydrogen (secondary N) is 1. The van der Waals surface area contributed by atoms with Gasteiger partial charge in [0.2, 0.25) is 0 Å². The van der Waals surface area contributed by atoms with Crippen LogP contribution in [-0.2, 0) is 0 Å². The number of ether oxygens (including phenoxy) is 1. The number of aryl methyl sites for hydroxylation is 1. The third-order valence-electron chi connectivity index (χ3n) is 3.68. The Bertz CT molecular complexity index is 935. The van der Waals surface area contributed by atoms with E-state index in [1.54, 1.807) is 12.3 Å². The van der Waals surface area contributed by atoms with Crippen molar-refractivity contribution in [2.45, 2.75) is 13.8 Å². The van der Waals surface area contributed by atoms with E-state index in [-0.39, 0.29) is 5.91 Å². The molecule has 0 aliphatic heterocycles. The Hall–Kier alpha value is -3.21. The number of hydrazone groups is 1. The summed E-state index contributed by atoms with van der Waals surface area (Å²) in [6.07, 6.45) is 1.58. The predicted octanol–water partition coefficient (Wildman–Crippen LogP) is 3.71. The average molecular weight is 333 g/mol. The Morgan fingerprint density at radius 2 is 1.96 bits per heavy atom. The number of aromatic nitrogens is 1. The molecule has 126 valence electrons. The van der Waals surface area contributed by atoms with Crippen molar-refractivity contribution in [2.24, 2.45) is 5.10 Å². The first-order valence-corrected chi connectivity index (χ1v) is 8.10. The molecule has 0 saturated heterocycles. The number of rotatable bonds is 5. The second kappa shape index (κ2) is 7.57. The number of carbonyl (C=O) groups excluding carboxylic acids is 1. The molecule has 1 aromatic heterocycles. The van der Waals surface area contributed by atoms with Crippen LogP contribution in [0.5, 0.6) is 5.75 Å². The molecule has 0 atom stereocenters. The molecule has 5 nitrogen and oxygen atoms in total. The molecule has 0 aliphatic rings. The number of nitrogens with zero attached hydrogens (tertiary/aromatic N) is 2. The predicted molar refractivity (Wildman–Crippen MR) is 99.2 cm³/mol. The van der Waals surface area contributed by atoms with Crippen LogP contribution in [-0.4, -0.2) is 23.7 Å². The molecule has 1 heterocycles. The molecule has 0 spiro atoms. The zero-order valence-corrected chi connectivity index (χ0v) is 14.2. The zero-order valence-electron chi connectivity index (χ0n) is 14.2. The number of hydrogen-bond donors (Lipinski definition) is 1. The van der Waals surface area contributed by atoms with Gasteiger partial charge in [-0.25, -0.2) is 5.43 Å². The smallest absolute Gasteiger partial charge is 0.272 e. The van der Waals surface area contributed by atoms with Crippen molar-refractivity contribution in [2.75, 3.05) is 6.61 Å². The summed E-state index contributed by atoms with van der Waals surface area (Å²) < 4.78 is 5.54. The highest BCUT2D eigenvalue weighted by Gasteiger charge is 2.11. The fourth-order valence-electron chi connectivity index (χ4n) is 2.59. The van der Waals surface area contributed by atoms with Crippen molar-refractivity contribution in [1.82, 2.24) is 10.4 Å². The number of pyridine rings is 1. The molecule has 25 heavy (non-hydrogen) atoms. The Balaban J connectivity index is 1.82. The minimum absolute atomic E-state index is 0.271. The van der Waals surface area contributed by atoms with Crippen LogP contribution in [0.3, 0.4) is 0 Å². The maximum Gasteiger partial charge on any atom is 0.272 e. The molecular weight excluding hydrogens is 314 g/mol. The van der Waals surface area contributed by atoms with Gasteiger partial charge in [0.05, 0.1) is 23.9 Å². The number of fused-ring (bicyclic) bond motifs is 1. The van der Waals surface area contributed by atoms with Gasteiger partial charge in [-0.3, -0.25) is 9.78 Å². The number of amides is 1. The molecule has 0 saturated carbocycles. The third-order valence-corrected chi connectivity index (χ3v) is 3.68. The molecule has 1 N–H and O–H groups in total. The third kappa shape index (κ3) is 3.83. The molecule has 0 radical (unpaired) electrons. The zero-order chi connectivity index (χ0) is 17.6. The fourth-order valence-corrected chi connectivity index (χ4v) is 2.59. The molecular formula is C20H19N3O2. The Morgan fingerprint density at radius 1 is 1.20 bits per heavy atom. The minimum Gasteiger partial charge on any atom is -0.493 e. The van der Waals surface area contributed by atoms with Gasteiger partial charge < -0.3 is 4.74 Å². The summed E-state index contributed by atoms with van der Waals surface area (Å²) in [5.74, 6) is 0.458. The Morgan fingerprint density at radius 3 is 2.80 bits per heavy atom. The van der Waals surface area contributed by atoms with E-state index in [1.807, 2.05) is 62.4 Å². The second-order valence-electron chi connectivity index (χ2n) is 5.50. The lowest BCUT2D eigenvalue weighted by molar-refractivity contribution is 0.0956. The van der Waals surface area contributed by atoms with Gasteiger partial charge in [0.25, 0.3) is 5.91 Å². The first-order valence-electron chi connectivity index (χ1n) is 8.10. The fraction of sp³-hybridized carbons (Fsp3) is 0.150. The van der Waals surface area contributed by atoms with Crippen LogP contribution in [0.2, 0.25) is 0 Å². The van der Waals surface area contributed by atoms with E-state index in [2.05, 4.69) is 15.5 Å². The molecule has 0 fully saturated rings. The first-order chi connectivity index (χ1) is 12.2. The molecule has 1 amide bonds. The minimum atomic E-state index is -0.271. The first kappa shape index (κ1) is 16.6. The van der Waals surface area contributed by atoms with Crippen molar-refractivity contribution < 1.29 is 9.53 Å². The van der Waals surface area contributed by atoms with E-state index in [0.717, 1.165) is 27.9 Å². The highest BCUT2D eigenvalue weighted by Crippen LogP contribution is 2.18. The average Bonchev–Trinajstić information content (AvgIpc) is 2.62. The lowest BCUT2D eigenvalue weighted by Crippen LogP contribution is -2.18. The Labute approximate surface area is 146 Å². The molecule has 3 aromatic rings. The molecule has 3 rings (SSSR count). The maximum atomic E-state index is 12.5. The van der Waals surface area contributed by atoms with E-state index in [0.29, 0.717) is 12.2 Å². The normalized spacial score (nSPS) is 11.0. The molecule has 0 aliphatic carbocycles. The standard InChI is InChI=1S/C20H19N3O2/c1-3-25-19-11-7-4-8-15(19)13-21-23-20(24)17-12-14(2)22-18-10-6-5-9-16(17)18/h4-13H,3H2,1-2H3,(H,23,24). The van der Waals surface area contributed by atoms with Crippen LogP contribution in [0, 0.1) is 6.92 Å². The SMILES string of the molecule is CCOc1ccccc1C=NNC(=O)c1cc(C)nc2ccccc12. The number of hydrogen-bond acceptors (Lipinski definition) is 4. The van der Waals surface area contributed by atoms with E-state index in [4.69, 9.17) is 4.74 Å². The van der Waals surface area contributed by atoms with Gasteiger partial charge in [0, 0.05) is 16.6 Å². The van der Waals surface area contributed by atoms with Crippen LogP contribution in [0.4, 0.5) is 0 Å². The summed E-state index contributed by atoms with van der Waals surface area (Å²) in [6, 6.07) is 16.9. The van der Waals surface area contributed by atoms with Crippen LogP contribution in [0.15, 0.2) is 59.7 Å². The number of para-hydroxylation sites is 2. The van der Waals surface area contributed by atoms with Crippen LogP contribution in [0.1, 0.15) is 28.5 Å². The lowest BCUT2D eigenvalue weighted by Gasteiger charge is -2.07. The maximum absolute atomic E-state index is 12.5. The summed E-state index contributed by atoms with van der Waals surface area (Å²) in [6.45, 7) is 4.36. The van der Waals surface area contributed by atoms with Crippen LogP contribution in [0.25, 0.3) is 10.9 Å². The van der Waals surface area contributed by atoms with E-state index < -0.39 is 0 Å². The summed E-state index contributed by atoms with van der Waals surface area (Å²) in [4.78, 5) is 17.0. The summed E-state index contributed by atoms with van der Waals surface area (Å²) in [5.41, 5.74) is 5.52. The van der Waals surface area contributed by atoms with E-state index >= 15 is 0 Å².